The van der Waals surface area contributed by atoms with Crippen LogP contribution in [0.3, 0.4) is 0 Å². The zero-order valence-electron chi connectivity index (χ0n) is 17.6. The van der Waals surface area contributed by atoms with Gasteiger partial charge in [-0.3, -0.25) is 4.79 Å². The Morgan fingerprint density at radius 2 is 1.81 bits per heavy atom. The predicted molar refractivity (Wildman–Crippen MR) is 105 cm³/mol. The summed E-state index contributed by atoms with van der Waals surface area (Å²) in [4.78, 5) is 25.1. The monoisotopic (exact) mass is 442 g/mol. The Bertz CT molecular complexity index is 881. The Hall–Kier alpha value is -2.49. The summed E-state index contributed by atoms with van der Waals surface area (Å²) in [6.45, 7) is 4.06. The maximum Gasteiger partial charge on any atom is 0.432 e. The van der Waals surface area contributed by atoms with Gasteiger partial charge in [-0.1, -0.05) is 42.5 Å². The van der Waals surface area contributed by atoms with E-state index in [1.165, 1.54) is 51.1 Å². The van der Waals surface area contributed by atoms with E-state index in [4.69, 9.17) is 9.47 Å². The number of carbonyl (C=O) groups excluding carboxylic acids is 2. The van der Waals surface area contributed by atoms with E-state index in [1.807, 2.05) is 0 Å². The molecule has 0 fully saturated rings. The molecule has 0 amide bonds. The van der Waals surface area contributed by atoms with Gasteiger partial charge in [-0.2, -0.15) is 13.2 Å². The average molecular weight is 442 g/mol. The van der Waals surface area contributed by atoms with Crippen LogP contribution in [-0.2, 0) is 24.7 Å². The number of aliphatic hydroxyl groups is 2. The molecule has 0 bridgehead atoms. The van der Waals surface area contributed by atoms with Gasteiger partial charge in [0, 0.05) is 19.1 Å². The van der Waals surface area contributed by atoms with Crippen LogP contribution in [0.5, 0.6) is 0 Å². The van der Waals surface area contributed by atoms with E-state index in [2.05, 4.69) is 0 Å². The Morgan fingerprint density at radius 1 is 1.23 bits per heavy atom. The molecule has 3 unspecified atom stereocenters. The molecular formula is C22H25F3O6. The second kappa shape index (κ2) is 8.57. The first-order valence-electron chi connectivity index (χ1n) is 9.42. The van der Waals surface area contributed by atoms with Gasteiger partial charge in [0.05, 0.1) is 5.60 Å². The van der Waals surface area contributed by atoms with Crippen LogP contribution in [0.1, 0.15) is 32.8 Å². The van der Waals surface area contributed by atoms with Crippen LogP contribution in [0.4, 0.5) is 13.2 Å². The first kappa shape index (κ1) is 24.8. The molecule has 0 radical (unpaired) electrons. The molecule has 0 spiro atoms. The number of benzene rings is 1. The van der Waals surface area contributed by atoms with Gasteiger partial charge in [-0.25, -0.2) is 4.79 Å². The van der Waals surface area contributed by atoms with Crippen LogP contribution in [0, 0.1) is 0 Å². The van der Waals surface area contributed by atoms with Crippen LogP contribution in [0.15, 0.2) is 54.1 Å². The predicted octanol–water partition coefficient (Wildman–Crippen LogP) is 2.98. The highest BCUT2D eigenvalue weighted by atomic mass is 19.4. The Balaban J connectivity index is 2.50. The second-order valence-electron chi connectivity index (χ2n) is 8.12. The third-order valence-electron chi connectivity index (χ3n) is 4.89. The van der Waals surface area contributed by atoms with Crippen molar-refractivity contribution in [2.45, 2.75) is 56.3 Å². The van der Waals surface area contributed by atoms with E-state index in [1.54, 1.807) is 0 Å². The van der Waals surface area contributed by atoms with E-state index >= 15 is 0 Å². The summed E-state index contributed by atoms with van der Waals surface area (Å²) in [5.74, 6) is -2.45. The van der Waals surface area contributed by atoms with Crippen molar-refractivity contribution in [2.75, 3.05) is 7.11 Å². The number of methoxy groups -OCH3 is 1. The molecule has 1 aromatic carbocycles. The molecule has 1 aliphatic carbocycles. The van der Waals surface area contributed by atoms with Crippen molar-refractivity contribution in [3.8, 4) is 0 Å². The zero-order chi connectivity index (χ0) is 23.7. The summed E-state index contributed by atoms with van der Waals surface area (Å²) >= 11 is 0. The molecule has 3 atom stereocenters. The average Bonchev–Trinajstić information content (AvgIpc) is 2.63. The fourth-order valence-electron chi connectivity index (χ4n) is 3.14. The number of hydrogen-bond acceptors (Lipinski definition) is 6. The highest BCUT2D eigenvalue weighted by molar-refractivity contribution is 5.99. The van der Waals surface area contributed by atoms with Gasteiger partial charge in [-0.05, 0) is 32.4 Å². The minimum absolute atomic E-state index is 0.0345. The third kappa shape index (κ3) is 5.23. The standard InChI is InChI=1S/C22H25F3O6/c1-19(2,28)11-10-14-12-17(26)20(3,29)13-16(14)31-18(27)21(30-4,22(23,24)25)15-8-6-5-7-9-15/h5-12,16,28-29H,13H2,1-4H3. The van der Waals surface area contributed by atoms with Gasteiger partial charge in [0.1, 0.15) is 11.7 Å². The highest BCUT2D eigenvalue weighted by Gasteiger charge is 2.64. The van der Waals surface area contributed by atoms with Crippen LogP contribution in [0.25, 0.3) is 0 Å². The quantitative estimate of drug-likeness (QED) is 0.658. The van der Waals surface area contributed by atoms with E-state index in [0.29, 0.717) is 0 Å². The minimum Gasteiger partial charge on any atom is -0.455 e. The number of carbonyl (C=O) groups is 2. The fourth-order valence-corrected chi connectivity index (χ4v) is 3.14. The van der Waals surface area contributed by atoms with Gasteiger partial charge in [-0.15, -0.1) is 0 Å². The first-order valence-corrected chi connectivity index (χ1v) is 9.42. The minimum atomic E-state index is -5.17. The summed E-state index contributed by atoms with van der Waals surface area (Å²) in [6.07, 6.45) is -3.48. The molecule has 0 aliphatic heterocycles. The molecule has 0 saturated heterocycles. The van der Waals surface area contributed by atoms with Crippen molar-refractivity contribution in [1.82, 2.24) is 0 Å². The molecule has 6 nitrogen and oxygen atoms in total. The van der Waals surface area contributed by atoms with Crippen LogP contribution in [0.2, 0.25) is 0 Å². The second-order valence-corrected chi connectivity index (χ2v) is 8.12. The summed E-state index contributed by atoms with van der Waals surface area (Å²) < 4.78 is 52.2. The van der Waals surface area contributed by atoms with Crippen molar-refractivity contribution in [1.29, 1.82) is 0 Å². The maximum absolute atomic E-state index is 14.1. The molecule has 170 valence electrons. The molecule has 0 aromatic heterocycles. The van der Waals surface area contributed by atoms with Gasteiger partial charge >= 0.3 is 12.1 Å². The lowest BCUT2D eigenvalue weighted by molar-refractivity contribution is -0.278. The highest BCUT2D eigenvalue weighted by Crippen LogP contribution is 2.44. The number of hydrogen-bond donors (Lipinski definition) is 2. The lowest BCUT2D eigenvalue weighted by atomic mass is 9.83. The van der Waals surface area contributed by atoms with Crippen LogP contribution in [-0.4, -0.2) is 52.6 Å². The lowest BCUT2D eigenvalue weighted by Gasteiger charge is -2.36. The van der Waals surface area contributed by atoms with Crippen molar-refractivity contribution >= 4 is 11.8 Å². The molecule has 1 aromatic rings. The van der Waals surface area contributed by atoms with Crippen molar-refractivity contribution < 1.29 is 42.4 Å². The van der Waals surface area contributed by atoms with E-state index in [-0.39, 0.29) is 5.57 Å². The normalized spacial score (nSPS) is 24.6. The van der Waals surface area contributed by atoms with Crippen molar-refractivity contribution in [3.05, 3.63) is 59.7 Å². The largest absolute Gasteiger partial charge is 0.455 e. The molecular weight excluding hydrogens is 417 g/mol. The summed E-state index contributed by atoms with van der Waals surface area (Å²) in [5.41, 5.74) is -7.10. The molecule has 2 rings (SSSR count). The zero-order valence-corrected chi connectivity index (χ0v) is 17.6. The smallest absolute Gasteiger partial charge is 0.432 e. The molecule has 1 aliphatic rings. The number of ether oxygens (including phenoxy) is 2. The number of ketones is 1. The van der Waals surface area contributed by atoms with Gasteiger partial charge in [0.25, 0.3) is 5.60 Å². The molecule has 0 saturated carbocycles. The van der Waals surface area contributed by atoms with E-state index in [9.17, 15) is 33.0 Å². The SMILES string of the molecule is COC(C(=O)OC1CC(C)(O)C(=O)C=C1C=CC(C)(C)O)(c1ccccc1)C(F)(F)F. The van der Waals surface area contributed by atoms with Crippen molar-refractivity contribution in [2.24, 2.45) is 0 Å². The summed E-state index contributed by atoms with van der Waals surface area (Å²) in [7, 11) is 0.743. The van der Waals surface area contributed by atoms with Gasteiger partial charge in [0.15, 0.2) is 5.78 Å². The van der Waals surface area contributed by atoms with E-state index < -0.39 is 52.8 Å². The number of halogens is 3. The van der Waals surface area contributed by atoms with E-state index in [0.717, 1.165) is 25.3 Å². The number of esters is 1. The van der Waals surface area contributed by atoms with Gasteiger partial charge < -0.3 is 19.7 Å². The van der Waals surface area contributed by atoms with Crippen LogP contribution < -0.4 is 0 Å². The maximum atomic E-state index is 14.1. The number of alkyl halides is 3. The number of rotatable bonds is 6. The van der Waals surface area contributed by atoms with Crippen molar-refractivity contribution in [3.63, 3.8) is 0 Å². The van der Waals surface area contributed by atoms with Crippen LogP contribution >= 0.6 is 0 Å². The molecule has 31 heavy (non-hydrogen) atoms. The Labute approximate surface area is 178 Å². The van der Waals surface area contributed by atoms with Gasteiger partial charge in [0.2, 0.25) is 0 Å². The Kier molecular flexibility index (Phi) is 6.85. The third-order valence-corrected chi connectivity index (χ3v) is 4.89. The Morgan fingerprint density at radius 3 is 2.29 bits per heavy atom. The molecule has 0 heterocycles. The fraction of sp³-hybridized carbons (Fsp3) is 0.455. The summed E-state index contributed by atoms with van der Waals surface area (Å²) in [5, 5.41) is 20.2. The molecule has 2 N–H and O–H groups in total. The lowest BCUT2D eigenvalue weighted by Crippen LogP contribution is -2.53. The first-order chi connectivity index (χ1) is 14.1. The molecule has 9 heteroatoms. The summed E-state index contributed by atoms with van der Waals surface area (Å²) in [6, 6.07) is 6.30. The topological polar surface area (TPSA) is 93.1 Å².